The van der Waals surface area contributed by atoms with Crippen LogP contribution in [-0.2, 0) is 4.74 Å². The van der Waals surface area contributed by atoms with Gasteiger partial charge in [0.2, 0.25) is 0 Å². The van der Waals surface area contributed by atoms with Crippen molar-refractivity contribution < 1.29 is 9.53 Å². The predicted molar refractivity (Wildman–Crippen MR) is 92.3 cm³/mol. The van der Waals surface area contributed by atoms with E-state index in [2.05, 4.69) is 29.3 Å². The van der Waals surface area contributed by atoms with Crippen LogP contribution in [0.1, 0.15) is 29.3 Å². The van der Waals surface area contributed by atoms with Crippen molar-refractivity contribution in [3.05, 3.63) is 47.5 Å². The van der Waals surface area contributed by atoms with Gasteiger partial charge in [-0.05, 0) is 44.6 Å². The van der Waals surface area contributed by atoms with Crippen molar-refractivity contribution >= 4 is 23.2 Å². The third kappa shape index (κ3) is 2.39. The second kappa shape index (κ2) is 4.89. The average Bonchev–Trinajstić information content (AvgIpc) is 3.10. The number of carbonyl (C=O) groups excluding carboxylic acids is 1. The molecule has 3 aliphatic heterocycles. The van der Waals surface area contributed by atoms with Crippen molar-refractivity contribution in [1.29, 1.82) is 0 Å². The molecule has 5 heteroatoms. The monoisotopic (exact) mass is 328 g/mol. The Hall–Kier alpha value is -1.72. The standard InChI is InChI=1S/C18H20N2O2S/c1-12-3-5-13(6-4-12)15(21)19-16(23)20-10-14-9-17(2)7-8-18(14,11-20)22-17/h3-8,14H,9-11H2,1-2H3,(H,19,21,23)/t14-,17+,18+/m1/s1. The number of ether oxygens (including phenoxy) is 1. The van der Waals surface area contributed by atoms with Gasteiger partial charge in [0, 0.05) is 18.0 Å². The summed E-state index contributed by atoms with van der Waals surface area (Å²) in [5.74, 6) is 0.295. The maximum atomic E-state index is 12.3. The second-order valence-corrected chi connectivity index (χ2v) is 7.50. The summed E-state index contributed by atoms with van der Waals surface area (Å²) in [5, 5.41) is 3.34. The van der Waals surface area contributed by atoms with Gasteiger partial charge in [0.15, 0.2) is 5.11 Å². The maximum Gasteiger partial charge on any atom is 0.257 e. The number of rotatable bonds is 1. The fraction of sp³-hybridized carbons (Fsp3) is 0.444. The summed E-state index contributed by atoms with van der Waals surface area (Å²) in [5.41, 5.74) is 1.43. The fourth-order valence-electron chi connectivity index (χ4n) is 3.98. The van der Waals surface area contributed by atoms with Gasteiger partial charge >= 0.3 is 0 Å². The van der Waals surface area contributed by atoms with Crippen LogP contribution in [0.4, 0.5) is 0 Å². The van der Waals surface area contributed by atoms with Crippen molar-refractivity contribution in [2.75, 3.05) is 13.1 Å². The molecule has 120 valence electrons. The van der Waals surface area contributed by atoms with Gasteiger partial charge in [0.1, 0.15) is 5.60 Å². The predicted octanol–water partition coefficient (Wildman–Crippen LogP) is 2.43. The van der Waals surface area contributed by atoms with Crippen LogP contribution < -0.4 is 5.32 Å². The van der Waals surface area contributed by atoms with Crippen molar-refractivity contribution in [3.8, 4) is 0 Å². The molecule has 0 unspecified atom stereocenters. The van der Waals surface area contributed by atoms with E-state index in [4.69, 9.17) is 17.0 Å². The van der Waals surface area contributed by atoms with E-state index < -0.39 is 0 Å². The van der Waals surface area contributed by atoms with Gasteiger partial charge in [-0.1, -0.05) is 29.8 Å². The van der Waals surface area contributed by atoms with E-state index in [0.717, 1.165) is 25.1 Å². The molecule has 3 atom stereocenters. The van der Waals surface area contributed by atoms with Crippen LogP contribution in [-0.4, -0.2) is 40.2 Å². The van der Waals surface area contributed by atoms with E-state index in [9.17, 15) is 4.79 Å². The molecule has 2 fully saturated rings. The van der Waals surface area contributed by atoms with Crippen LogP contribution >= 0.6 is 12.2 Å². The molecular weight excluding hydrogens is 308 g/mol. The van der Waals surface area contributed by atoms with Gasteiger partial charge in [-0.2, -0.15) is 0 Å². The van der Waals surface area contributed by atoms with Crippen LogP contribution in [0.25, 0.3) is 0 Å². The number of carbonyl (C=O) groups is 1. The first-order valence-corrected chi connectivity index (χ1v) is 8.38. The Morgan fingerprint density at radius 3 is 2.74 bits per heavy atom. The van der Waals surface area contributed by atoms with Crippen LogP contribution in [0.15, 0.2) is 36.4 Å². The lowest BCUT2D eigenvalue weighted by Crippen LogP contribution is -2.43. The van der Waals surface area contributed by atoms with Gasteiger partial charge in [-0.15, -0.1) is 0 Å². The normalized spacial score (nSPS) is 33.8. The largest absolute Gasteiger partial charge is 0.358 e. The van der Waals surface area contributed by atoms with Gasteiger partial charge in [-0.25, -0.2) is 0 Å². The zero-order valence-corrected chi connectivity index (χ0v) is 14.2. The van der Waals surface area contributed by atoms with Crippen molar-refractivity contribution in [3.63, 3.8) is 0 Å². The summed E-state index contributed by atoms with van der Waals surface area (Å²) in [6.45, 7) is 5.69. The molecule has 2 bridgehead atoms. The van der Waals surface area contributed by atoms with Gasteiger partial charge in [0.25, 0.3) is 5.91 Å². The second-order valence-electron chi connectivity index (χ2n) is 7.11. The van der Waals surface area contributed by atoms with Crippen LogP contribution in [0.3, 0.4) is 0 Å². The summed E-state index contributed by atoms with van der Waals surface area (Å²) < 4.78 is 6.23. The number of thiocarbonyl (C=S) groups is 1. The zero-order valence-electron chi connectivity index (χ0n) is 13.3. The van der Waals surface area contributed by atoms with E-state index in [1.54, 1.807) is 0 Å². The molecule has 0 radical (unpaired) electrons. The molecule has 1 spiro atoms. The number of nitrogens with one attached hydrogen (secondary N) is 1. The molecule has 2 saturated heterocycles. The summed E-state index contributed by atoms with van der Waals surface area (Å²) in [6.07, 6.45) is 5.38. The van der Waals surface area contributed by atoms with E-state index in [1.165, 1.54) is 0 Å². The fourth-order valence-corrected chi connectivity index (χ4v) is 4.21. The summed E-state index contributed by atoms with van der Waals surface area (Å²) in [4.78, 5) is 14.4. The first-order chi connectivity index (χ1) is 10.9. The lowest BCUT2D eigenvalue weighted by atomic mass is 9.82. The number of fused-ring (bicyclic) bond motifs is 1. The smallest absolute Gasteiger partial charge is 0.257 e. The third-order valence-corrected chi connectivity index (χ3v) is 5.54. The van der Waals surface area contributed by atoms with E-state index in [1.807, 2.05) is 31.2 Å². The molecule has 3 heterocycles. The Morgan fingerprint density at radius 1 is 1.35 bits per heavy atom. The van der Waals surface area contributed by atoms with Gasteiger partial charge in [0.05, 0.1) is 12.1 Å². The Bertz CT molecular complexity index is 714. The Labute approximate surface area is 141 Å². The number of benzene rings is 1. The third-order valence-electron chi connectivity index (χ3n) is 5.18. The molecule has 1 aromatic carbocycles. The minimum absolute atomic E-state index is 0.108. The minimum Gasteiger partial charge on any atom is -0.358 e. The molecule has 4 rings (SSSR count). The highest BCUT2D eigenvalue weighted by molar-refractivity contribution is 7.80. The van der Waals surface area contributed by atoms with E-state index >= 15 is 0 Å². The van der Waals surface area contributed by atoms with Crippen LogP contribution in [0.5, 0.6) is 0 Å². The van der Waals surface area contributed by atoms with Crippen LogP contribution in [0.2, 0.25) is 0 Å². The number of aryl methyl sites for hydroxylation is 1. The molecular formula is C18H20N2O2S. The summed E-state index contributed by atoms with van der Waals surface area (Å²) in [7, 11) is 0. The Balaban J connectivity index is 1.42. The average molecular weight is 328 g/mol. The van der Waals surface area contributed by atoms with Crippen molar-refractivity contribution in [2.45, 2.75) is 31.5 Å². The number of hydrogen-bond donors (Lipinski definition) is 1. The van der Waals surface area contributed by atoms with E-state index in [0.29, 0.717) is 16.6 Å². The lowest BCUT2D eigenvalue weighted by molar-refractivity contribution is -0.0230. The molecule has 1 N–H and O–H groups in total. The quantitative estimate of drug-likeness (QED) is 0.635. The number of hydrogen-bond acceptors (Lipinski definition) is 3. The topological polar surface area (TPSA) is 41.6 Å². The zero-order chi connectivity index (χ0) is 16.2. The van der Waals surface area contributed by atoms with E-state index in [-0.39, 0.29) is 17.1 Å². The Kier molecular flexibility index (Phi) is 3.15. The molecule has 1 aromatic rings. The molecule has 23 heavy (non-hydrogen) atoms. The highest BCUT2D eigenvalue weighted by Gasteiger charge is 2.60. The molecule has 0 saturated carbocycles. The highest BCUT2D eigenvalue weighted by atomic mass is 32.1. The van der Waals surface area contributed by atoms with Gasteiger partial charge in [-0.3, -0.25) is 10.1 Å². The van der Waals surface area contributed by atoms with Crippen molar-refractivity contribution in [1.82, 2.24) is 10.2 Å². The molecule has 3 aliphatic rings. The molecule has 1 amide bonds. The van der Waals surface area contributed by atoms with Crippen molar-refractivity contribution in [2.24, 2.45) is 5.92 Å². The summed E-state index contributed by atoms with van der Waals surface area (Å²) in [6, 6.07) is 7.49. The summed E-state index contributed by atoms with van der Waals surface area (Å²) >= 11 is 5.45. The number of likely N-dealkylation sites (tertiary alicyclic amines) is 1. The number of nitrogens with zero attached hydrogens (tertiary/aromatic N) is 1. The first kappa shape index (κ1) is 14.8. The highest BCUT2D eigenvalue weighted by Crippen LogP contribution is 2.52. The number of amides is 1. The van der Waals surface area contributed by atoms with Crippen LogP contribution in [0, 0.1) is 12.8 Å². The molecule has 0 aliphatic carbocycles. The molecule has 0 aromatic heterocycles. The van der Waals surface area contributed by atoms with Gasteiger partial charge < -0.3 is 9.64 Å². The Morgan fingerprint density at radius 2 is 2.09 bits per heavy atom. The molecule has 4 nitrogen and oxygen atoms in total. The lowest BCUT2D eigenvalue weighted by Gasteiger charge is -2.25. The minimum atomic E-state index is -0.215. The first-order valence-electron chi connectivity index (χ1n) is 7.97. The SMILES string of the molecule is Cc1ccc(C(=O)NC(=S)N2C[C@H]3C[C@]4(C)C=C[C@@]3(C2)O4)cc1. The maximum absolute atomic E-state index is 12.3.